The summed E-state index contributed by atoms with van der Waals surface area (Å²) < 4.78 is 5.28. The fraction of sp³-hybridized carbons (Fsp3) is 0.857. The first-order valence-corrected chi connectivity index (χ1v) is 10.00. The van der Waals surface area contributed by atoms with Crippen LogP contribution >= 0.6 is 0 Å². The molecule has 1 N–H and O–H groups in total. The van der Waals surface area contributed by atoms with Gasteiger partial charge in [0, 0.05) is 5.56 Å². The standard InChI is InChI=1S/C21H31NO2/c1-19-11-13-12-24-22-18(13)10-14(19)4-5-15-16(19)6-8-20(2)17(15)7-9-21(20,3)23/h12,14-17,23H,4-11H2,1-3H3/t14?,15?,16?,17?,19-,20-,21-/m1/s1. The second-order valence-electron chi connectivity index (χ2n) is 10.1. The van der Waals surface area contributed by atoms with E-state index >= 15 is 0 Å². The van der Waals surface area contributed by atoms with E-state index in [1.54, 1.807) is 0 Å². The van der Waals surface area contributed by atoms with Crippen molar-refractivity contribution in [2.75, 3.05) is 0 Å². The van der Waals surface area contributed by atoms with E-state index in [1.807, 2.05) is 6.26 Å². The van der Waals surface area contributed by atoms with Crippen molar-refractivity contribution < 1.29 is 9.63 Å². The highest BCUT2D eigenvalue weighted by atomic mass is 16.5. The maximum atomic E-state index is 11.0. The molecule has 4 unspecified atom stereocenters. The molecule has 4 aliphatic carbocycles. The van der Waals surface area contributed by atoms with E-state index in [0.29, 0.717) is 11.3 Å². The maximum absolute atomic E-state index is 11.0. The van der Waals surface area contributed by atoms with Gasteiger partial charge in [0.25, 0.3) is 0 Å². The van der Waals surface area contributed by atoms with E-state index in [1.165, 1.54) is 43.4 Å². The predicted molar refractivity (Wildman–Crippen MR) is 92.4 cm³/mol. The topological polar surface area (TPSA) is 46.3 Å². The Bertz CT molecular complexity index is 665. The summed E-state index contributed by atoms with van der Waals surface area (Å²) in [6.45, 7) is 7.04. The summed E-state index contributed by atoms with van der Waals surface area (Å²) in [6, 6.07) is 0. The Labute approximate surface area is 145 Å². The third-order valence-electron chi connectivity index (χ3n) is 9.37. The zero-order chi connectivity index (χ0) is 16.7. The van der Waals surface area contributed by atoms with Crippen molar-refractivity contribution in [1.82, 2.24) is 5.16 Å². The van der Waals surface area contributed by atoms with Crippen LogP contribution in [0.1, 0.15) is 70.6 Å². The molecule has 1 aromatic heterocycles. The molecule has 3 heteroatoms. The minimum Gasteiger partial charge on any atom is -0.390 e. The van der Waals surface area contributed by atoms with Crippen molar-refractivity contribution >= 4 is 0 Å². The lowest BCUT2D eigenvalue weighted by Crippen LogP contribution is -2.56. The Morgan fingerprint density at radius 1 is 1.08 bits per heavy atom. The number of hydrogen-bond donors (Lipinski definition) is 1. The van der Waals surface area contributed by atoms with E-state index < -0.39 is 5.60 Å². The molecule has 1 heterocycles. The first-order valence-electron chi connectivity index (χ1n) is 10.00. The maximum Gasteiger partial charge on any atom is 0.127 e. The van der Waals surface area contributed by atoms with Crippen LogP contribution in [0.4, 0.5) is 0 Å². The number of nitrogens with zero attached hydrogens (tertiary/aromatic N) is 1. The van der Waals surface area contributed by atoms with Crippen molar-refractivity contribution in [3.63, 3.8) is 0 Å². The van der Waals surface area contributed by atoms with Gasteiger partial charge < -0.3 is 9.63 Å². The van der Waals surface area contributed by atoms with Gasteiger partial charge in [0.15, 0.2) is 0 Å². The van der Waals surface area contributed by atoms with Crippen LogP contribution in [0.2, 0.25) is 0 Å². The minimum absolute atomic E-state index is 0.133. The molecular weight excluding hydrogens is 298 g/mol. The highest BCUT2D eigenvalue weighted by Crippen LogP contribution is 2.67. The molecule has 24 heavy (non-hydrogen) atoms. The Kier molecular flexibility index (Phi) is 3.00. The molecule has 0 spiro atoms. The highest BCUT2D eigenvalue weighted by molar-refractivity contribution is 5.25. The summed E-state index contributed by atoms with van der Waals surface area (Å²) in [5.74, 6) is 3.10. The molecule has 3 fully saturated rings. The van der Waals surface area contributed by atoms with Gasteiger partial charge in [-0.1, -0.05) is 19.0 Å². The molecular formula is C21H31NO2. The summed E-state index contributed by atoms with van der Waals surface area (Å²) in [5, 5.41) is 15.3. The fourth-order valence-electron chi connectivity index (χ4n) is 7.63. The number of fused-ring (bicyclic) bond motifs is 6. The zero-order valence-electron chi connectivity index (χ0n) is 15.3. The van der Waals surface area contributed by atoms with Gasteiger partial charge in [0.05, 0.1) is 11.3 Å². The van der Waals surface area contributed by atoms with Gasteiger partial charge in [0.2, 0.25) is 0 Å². The Balaban J connectivity index is 1.50. The van der Waals surface area contributed by atoms with E-state index in [0.717, 1.165) is 37.0 Å². The number of rotatable bonds is 0. The second kappa shape index (κ2) is 4.66. The van der Waals surface area contributed by atoms with Crippen molar-refractivity contribution in [2.24, 2.45) is 34.5 Å². The molecule has 0 bridgehead atoms. The van der Waals surface area contributed by atoms with E-state index in [9.17, 15) is 5.11 Å². The smallest absolute Gasteiger partial charge is 0.127 e. The molecule has 0 amide bonds. The van der Waals surface area contributed by atoms with E-state index in [-0.39, 0.29) is 5.41 Å². The van der Waals surface area contributed by atoms with Crippen LogP contribution in [0.3, 0.4) is 0 Å². The van der Waals surface area contributed by atoms with Crippen LogP contribution in [-0.2, 0) is 12.8 Å². The van der Waals surface area contributed by atoms with Crippen molar-refractivity contribution in [2.45, 2.75) is 77.7 Å². The number of aliphatic hydroxyl groups is 1. The van der Waals surface area contributed by atoms with Gasteiger partial charge in [-0.05, 0) is 92.8 Å². The van der Waals surface area contributed by atoms with Gasteiger partial charge in [-0.25, -0.2) is 0 Å². The summed E-state index contributed by atoms with van der Waals surface area (Å²) in [7, 11) is 0. The molecule has 4 aliphatic rings. The number of aromatic nitrogens is 1. The summed E-state index contributed by atoms with van der Waals surface area (Å²) in [5.41, 5.74) is 2.65. The molecule has 0 aromatic carbocycles. The molecule has 0 saturated heterocycles. The van der Waals surface area contributed by atoms with E-state index in [2.05, 4.69) is 25.9 Å². The average Bonchev–Trinajstić information content (AvgIpc) is 3.06. The molecule has 0 radical (unpaired) electrons. The minimum atomic E-state index is -0.464. The summed E-state index contributed by atoms with van der Waals surface area (Å²) in [6.07, 6.45) is 11.6. The van der Waals surface area contributed by atoms with E-state index in [4.69, 9.17) is 4.52 Å². The molecule has 3 nitrogen and oxygen atoms in total. The fourth-order valence-corrected chi connectivity index (χ4v) is 7.63. The lowest BCUT2D eigenvalue weighted by atomic mass is 9.44. The molecule has 132 valence electrons. The average molecular weight is 329 g/mol. The normalized spacial score (nSPS) is 53.0. The van der Waals surface area contributed by atoms with Crippen LogP contribution in [0.15, 0.2) is 10.8 Å². The lowest BCUT2D eigenvalue weighted by molar-refractivity contribution is -0.139. The Morgan fingerprint density at radius 3 is 2.71 bits per heavy atom. The quantitative estimate of drug-likeness (QED) is 0.768. The molecule has 0 aliphatic heterocycles. The van der Waals surface area contributed by atoms with Gasteiger partial charge in [-0.2, -0.15) is 0 Å². The van der Waals surface area contributed by atoms with Crippen LogP contribution in [0.5, 0.6) is 0 Å². The Morgan fingerprint density at radius 2 is 1.88 bits per heavy atom. The third-order valence-corrected chi connectivity index (χ3v) is 9.37. The van der Waals surface area contributed by atoms with Gasteiger partial charge >= 0.3 is 0 Å². The SMILES string of the molecule is C[C@@]12Cc3conc3CC1CCC1C2CC[C@]2(C)C1CC[C@@]2(C)O. The van der Waals surface area contributed by atoms with Crippen LogP contribution in [0, 0.1) is 34.5 Å². The van der Waals surface area contributed by atoms with Gasteiger partial charge in [-0.15, -0.1) is 0 Å². The van der Waals surface area contributed by atoms with Crippen LogP contribution in [0.25, 0.3) is 0 Å². The largest absolute Gasteiger partial charge is 0.390 e. The van der Waals surface area contributed by atoms with Crippen LogP contribution < -0.4 is 0 Å². The third kappa shape index (κ3) is 1.75. The first-order chi connectivity index (χ1) is 11.4. The van der Waals surface area contributed by atoms with Crippen molar-refractivity contribution in [1.29, 1.82) is 0 Å². The van der Waals surface area contributed by atoms with Gasteiger partial charge in [0.1, 0.15) is 6.26 Å². The molecule has 3 saturated carbocycles. The van der Waals surface area contributed by atoms with Crippen molar-refractivity contribution in [3.05, 3.63) is 17.5 Å². The molecule has 7 atom stereocenters. The van der Waals surface area contributed by atoms with Gasteiger partial charge in [-0.3, -0.25) is 0 Å². The second-order valence-corrected chi connectivity index (χ2v) is 10.1. The number of hydrogen-bond acceptors (Lipinski definition) is 3. The molecule has 5 rings (SSSR count). The monoisotopic (exact) mass is 329 g/mol. The highest BCUT2D eigenvalue weighted by Gasteiger charge is 2.63. The predicted octanol–water partition coefficient (Wildman–Crippen LogP) is 4.38. The van der Waals surface area contributed by atoms with Crippen molar-refractivity contribution in [3.8, 4) is 0 Å². The lowest BCUT2D eigenvalue weighted by Gasteiger charge is -2.60. The Hall–Kier alpha value is -0.830. The summed E-state index contributed by atoms with van der Waals surface area (Å²) >= 11 is 0. The van der Waals surface area contributed by atoms with Crippen LogP contribution in [-0.4, -0.2) is 15.9 Å². The first kappa shape index (κ1) is 15.4. The summed E-state index contributed by atoms with van der Waals surface area (Å²) in [4.78, 5) is 0. The zero-order valence-corrected chi connectivity index (χ0v) is 15.3. The molecule has 1 aromatic rings.